The Bertz CT molecular complexity index is 1740. The second-order valence-electron chi connectivity index (χ2n) is 11.4. The van der Waals surface area contributed by atoms with Crippen LogP contribution < -0.4 is 19.1 Å². The van der Waals surface area contributed by atoms with E-state index in [1.54, 1.807) is 54.6 Å². The zero-order valence-electron chi connectivity index (χ0n) is 26.9. The van der Waals surface area contributed by atoms with Crippen LogP contribution in [0.3, 0.4) is 0 Å². The molecule has 2 amide bonds. The van der Waals surface area contributed by atoms with Crippen molar-refractivity contribution < 1.29 is 27.5 Å². The molecular weight excluding hydrogens is 638 g/mol. The molecule has 4 rings (SSSR count). The van der Waals surface area contributed by atoms with Crippen molar-refractivity contribution in [1.82, 2.24) is 10.2 Å². The third kappa shape index (κ3) is 9.27. The van der Waals surface area contributed by atoms with Crippen LogP contribution in [0.15, 0.2) is 108 Å². The van der Waals surface area contributed by atoms with Gasteiger partial charge in [-0.3, -0.25) is 13.9 Å². The van der Waals surface area contributed by atoms with E-state index in [9.17, 15) is 18.0 Å². The van der Waals surface area contributed by atoms with Gasteiger partial charge in [-0.05, 0) is 53.4 Å². The number of ether oxygens (including phenoxy) is 2. The molecule has 248 valence electrons. The lowest BCUT2D eigenvalue weighted by Crippen LogP contribution is -2.53. The molecule has 0 saturated heterocycles. The van der Waals surface area contributed by atoms with Gasteiger partial charge in [0.15, 0.2) is 11.5 Å². The monoisotopic (exact) mass is 677 g/mol. The standard InChI is InChI=1S/C36H40ClN3O6S/c1-26(2)23-38-36(42)32(21-27-11-7-5-8-12-27)39(24-28-15-17-29(37)18-16-28)35(41)25-40(47(43,44)31-13-9-6-10-14-31)30-19-20-33(45-3)34(22-30)46-4/h5-20,22,26,32H,21,23-25H2,1-4H3,(H,38,42). The summed E-state index contributed by atoms with van der Waals surface area (Å²) in [6.07, 6.45) is 0.214. The fourth-order valence-corrected chi connectivity index (χ4v) is 6.54. The average molecular weight is 678 g/mol. The van der Waals surface area contributed by atoms with E-state index in [2.05, 4.69) is 5.32 Å². The number of carbonyl (C=O) groups excluding carboxylic acids is 2. The van der Waals surface area contributed by atoms with E-state index >= 15 is 0 Å². The van der Waals surface area contributed by atoms with Gasteiger partial charge in [0.05, 0.1) is 24.8 Å². The number of benzene rings is 4. The number of halogens is 1. The fraction of sp³-hybridized carbons (Fsp3) is 0.278. The third-order valence-electron chi connectivity index (χ3n) is 7.49. The quantitative estimate of drug-likeness (QED) is 0.166. The molecule has 11 heteroatoms. The molecule has 4 aromatic rings. The Balaban J connectivity index is 1.82. The number of sulfonamides is 1. The van der Waals surface area contributed by atoms with E-state index in [0.717, 1.165) is 15.4 Å². The SMILES string of the molecule is COc1ccc(N(CC(=O)N(Cc2ccc(Cl)cc2)C(Cc2ccccc2)C(=O)NCC(C)C)S(=O)(=O)c2ccccc2)cc1OC. The van der Waals surface area contributed by atoms with Crippen LogP contribution in [-0.4, -0.2) is 58.5 Å². The molecule has 0 aliphatic rings. The predicted molar refractivity (Wildman–Crippen MR) is 184 cm³/mol. The van der Waals surface area contributed by atoms with Crippen LogP contribution in [0.4, 0.5) is 5.69 Å². The molecule has 1 unspecified atom stereocenters. The van der Waals surface area contributed by atoms with Crippen LogP contribution in [0, 0.1) is 5.92 Å². The van der Waals surface area contributed by atoms with Crippen LogP contribution in [0.1, 0.15) is 25.0 Å². The second-order valence-corrected chi connectivity index (χ2v) is 13.7. The zero-order chi connectivity index (χ0) is 34.0. The van der Waals surface area contributed by atoms with E-state index < -0.39 is 28.5 Å². The van der Waals surface area contributed by atoms with Gasteiger partial charge in [-0.2, -0.15) is 0 Å². The molecule has 0 heterocycles. The molecule has 0 aromatic heterocycles. The van der Waals surface area contributed by atoms with Crippen LogP contribution in [-0.2, 0) is 32.6 Å². The molecule has 47 heavy (non-hydrogen) atoms. The Labute approximate surface area is 282 Å². The Morgan fingerprint density at radius 3 is 2.02 bits per heavy atom. The Kier molecular flexibility index (Phi) is 12.3. The summed E-state index contributed by atoms with van der Waals surface area (Å²) in [5.74, 6) is -0.0517. The highest BCUT2D eigenvalue weighted by Gasteiger charge is 2.35. The minimum Gasteiger partial charge on any atom is -0.493 e. The maximum atomic E-state index is 14.6. The molecule has 9 nitrogen and oxygen atoms in total. The molecule has 0 saturated carbocycles. The number of hydrogen-bond acceptors (Lipinski definition) is 6. The summed E-state index contributed by atoms with van der Waals surface area (Å²) in [5, 5.41) is 3.51. The first-order chi connectivity index (χ1) is 22.5. The number of anilines is 1. The van der Waals surface area contributed by atoms with Gasteiger partial charge in [-0.25, -0.2) is 8.42 Å². The number of nitrogens with zero attached hydrogens (tertiary/aromatic N) is 2. The van der Waals surface area contributed by atoms with E-state index in [-0.39, 0.29) is 35.4 Å². The topological polar surface area (TPSA) is 105 Å². The van der Waals surface area contributed by atoms with Gasteiger partial charge in [0.25, 0.3) is 10.0 Å². The van der Waals surface area contributed by atoms with Gasteiger partial charge >= 0.3 is 0 Å². The zero-order valence-corrected chi connectivity index (χ0v) is 28.5. The molecule has 0 aliphatic carbocycles. The highest BCUT2D eigenvalue weighted by Crippen LogP contribution is 2.34. The van der Waals surface area contributed by atoms with Crippen molar-refractivity contribution in [1.29, 1.82) is 0 Å². The smallest absolute Gasteiger partial charge is 0.264 e. The van der Waals surface area contributed by atoms with Crippen molar-refractivity contribution in [3.05, 3.63) is 119 Å². The number of carbonyl (C=O) groups is 2. The van der Waals surface area contributed by atoms with Crippen molar-refractivity contribution >= 4 is 39.1 Å². The lowest BCUT2D eigenvalue weighted by atomic mass is 10.0. The second kappa shape index (κ2) is 16.3. The molecule has 4 aromatic carbocycles. The summed E-state index contributed by atoms with van der Waals surface area (Å²) in [4.78, 5) is 29.9. The lowest BCUT2D eigenvalue weighted by molar-refractivity contribution is -0.140. The highest BCUT2D eigenvalue weighted by molar-refractivity contribution is 7.92. The number of rotatable bonds is 15. The van der Waals surface area contributed by atoms with Crippen molar-refractivity contribution in [2.45, 2.75) is 37.8 Å². The molecule has 1 atom stereocenters. The summed E-state index contributed by atoms with van der Waals surface area (Å²) < 4.78 is 40.3. The molecule has 1 N–H and O–H groups in total. The van der Waals surface area contributed by atoms with Gasteiger partial charge in [-0.15, -0.1) is 0 Å². The third-order valence-corrected chi connectivity index (χ3v) is 9.53. The van der Waals surface area contributed by atoms with Gasteiger partial charge in [0.2, 0.25) is 11.8 Å². The highest BCUT2D eigenvalue weighted by atomic mass is 35.5. The van der Waals surface area contributed by atoms with Gasteiger partial charge in [0, 0.05) is 30.6 Å². The maximum Gasteiger partial charge on any atom is 0.264 e. The molecular formula is C36H40ClN3O6S. The van der Waals surface area contributed by atoms with Crippen molar-refractivity contribution in [2.75, 3.05) is 31.6 Å². The average Bonchev–Trinajstić information content (AvgIpc) is 3.08. The lowest BCUT2D eigenvalue weighted by Gasteiger charge is -2.34. The summed E-state index contributed by atoms with van der Waals surface area (Å²) in [5.41, 5.74) is 1.76. The van der Waals surface area contributed by atoms with Gasteiger partial charge < -0.3 is 19.7 Å². The molecule has 0 radical (unpaired) electrons. The summed E-state index contributed by atoms with van der Waals surface area (Å²) in [6.45, 7) is 3.82. The Hall–Kier alpha value is -4.54. The minimum absolute atomic E-state index is 0.00217. The number of methoxy groups -OCH3 is 2. The number of amides is 2. The Morgan fingerprint density at radius 2 is 1.43 bits per heavy atom. The van der Waals surface area contributed by atoms with Crippen molar-refractivity contribution in [3.63, 3.8) is 0 Å². The summed E-state index contributed by atoms with van der Waals surface area (Å²) in [6, 6.07) is 27.9. The van der Waals surface area contributed by atoms with E-state index in [4.69, 9.17) is 21.1 Å². The van der Waals surface area contributed by atoms with Crippen LogP contribution >= 0.6 is 11.6 Å². The number of hydrogen-bond donors (Lipinski definition) is 1. The van der Waals surface area contributed by atoms with Gasteiger partial charge in [0.1, 0.15) is 12.6 Å². The molecule has 0 fully saturated rings. The summed E-state index contributed by atoms with van der Waals surface area (Å²) in [7, 11) is -1.34. The predicted octanol–water partition coefficient (Wildman–Crippen LogP) is 5.96. The minimum atomic E-state index is -4.26. The number of nitrogens with one attached hydrogen (secondary N) is 1. The van der Waals surface area contributed by atoms with E-state index in [0.29, 0.717) is 23.1 Å². The maximum absolute atomic E-state index is 14.6. The first kappa shape index (κ1) is 35.3. The fourth-order valence-electron chi connectivity index (χ4n) is 4.99. The molecule has 0 aliphatic heterocycles. The molecule has 0 spiro atoms. The van der Waals surface area contributed by atoms with E-state index in [1.165, 1.54) is 37.3 Å². The van der Waals surface area contributed by atoms with Crippen LogP contribution in [0.5, 0.6) is 11.5 Å². The van der Waals surface area contributed by atoms with Crippen molar-refractivity contribution in [2.24, 2.45) is 5.92 Å². The van der Waals surface area contributed by atoms with Crippen molar-refractivity contribution in [3.8, 4) is 11.5 Å². The normalized spacial score (nSPS) is 11.9. The summed E-state index contributed by atoms with van der Waals surface area (Å²) >= 11 is 6.16. The van der Waals surface area contributed by atoms with Crippen LogP contribution in [0.25, 0.3) is 0 Å². The van der Waals surface area contributed by atoms with Crippen LogP contribution in [0.2, 0.25) is 5.02 Å². The van der Waals surface area contributed by atoms with Gasteiger partial charge in [-0.1, -0.05) is 86.1 Å². The van der Waals surface area contributed by atoms with E-state index in [1.807, 2.05) is 44.2 Å². The first-order valence-electron chi connectivity index (χ1n) is 15.2. The Morgan fingerprint density at radius 1 is 0.809 bits per heavy atom. The first-order valence-corrected chi connectivity index (χ1v) is 17.0. The largest absolute Gasteiger partial charge is 0.493 e. The molecule has 0 bridgehead atoms.